The van der Waals surface area contributed by atoms with E-state index < -0.39 is 0 Å². The fraction of sp³-hybridized carbons (Fsp3) is 0.600. The van der Waals surface area contributed by atoms with Crippen LogP contribution in [0.1, 0.15) is 17.7 Å². The van der Waals surface area contributed by atoms with Crippen LogP contribution in [0.4, 0.5) is 5.82 Å². The van der Waals surface area contributed by atoms with E-state index in [1.165, 1.54) is 17.7 Å². The molecule has 0 bridgehead atoms. The van der Waals surface area contributed by atoms with E-state index in [0.717, 1.165) is 25.2 Å². The Kier molecular flexibility index (Phi) is 2.93. The zero-order chi connectivity index (χ0) is 9.80. The maximum absolute atomic E-state index is 4.95. The van der Waals surface area contributed by atoms with Crippen LogP contribution < -0.4 is 5.32 Å². The van der Waals surface area contributed by atoms with E-state index >= 15 is 0 Å². The predicted molar refractivity (Wildman–Crippen MR) is 54.4 cm³/mol. The SMILES string of the molecule is COCCNc1cc2c(nn1)CCC2. The summed E-state index contributed by atoms with van der Waals surface area (Å²) in [5.74, 6) is 0.864. The standard InChI is InChI=1S/C10H15N3O/c1-14-6-5-11-10-7-8-3-2-4-9(8)12-13-10/h7H,2-6H2,1H3,(H,11,13). The summed E-state index contributed by atoms with van der Waals surface area (Å²) in [6.07, 6.45) is 3.44. The second-order valence-electron chi connectivity index (χ2n) is 3.47. The van der Waals surface area contributed by atoms with Crippen LogP contribution in [-0.4, -0.2) is 30.5 Å². The van der Waals surface area contributed by atoms with Gasteiger partial charge in [-0.15, -0.1) is 5.10 Å². The summed E-state index contributed by atoms with van der Waals surface area (Å²) in [6.45, 7) is 1.47. The second kappa shape index (κ2) is 4.37. The van der Waals surface area contributed by atoms with Crippen molar-refractivity contribution in [2.45, 2.75) is 19.3 Å². The van der Waals surface area contributed by atoms with Gasteiger partial charge in [-0.3, -0.25) is 0 Å². The van der Waals surface area contributed by atoms with Crippen LogP contribution in [0.2, 0.25) is 0 Å². The first kappa shape index (κ1) is 9.40. The summed E-state index contributed by atoms with van der Waals surface area (Å²) in [6, 6.07) is 2.10. The first-order valence-electron chi connectivity index (χ1n) is 4.98. The molecule has 0 amide bonds. The molecule has 4 heteroatoms. The van der Waals surface area contributed by atoms with Gasteiger partial charge in [-0.1, -0.05) is 0 Å². The zero-order valence-corrected chi connectivity index (χ0v) is 8.42. The van der Waals surface area contributed by atoms with Gasteiger partial charge in [0.15, 0.2) is 0 Å². The lowest BCUT2D eigenvalue weighted by Gasteiger charge is -2.05. The van der Waals surface area contributed by atoms with Gasteiger partial charge in [-0.2, -0.15) is 5.10 Å². The smallest absolute Gasteiger partial charge is 0.149 e. The highest BCUT2D eigenvalue weighted by molar-refractivity contribution is 5.39. The Bertz CT molecular complexity index is 314. The van der Waals surface area contributed by atoms with Crippen molar-refractivity contribution in [1.29, 1.82) is 0 Å². The highest BCUT2D eigenvalue weighted by atomic mass is 16.5. The quantitative estimate of drug-likeness (QED) is 0.725. The summed E-state index contributed by atoms with van der Waals surface area (Å²) >= 11 is 0. The van der Waals surface area contributed by atoms with Gasteiger partial charge in [-0.05, 0) is 30.9 Å². The highest BCUT2D eigenvalue weighted by Crippen LogP contribution is 2.20. The van der Waals surface area contributed by atoms with E-state index in [9.17, 15) is 0 Å². The Labute approximate surface area is 83.7 Å². The van der Waals surface area contributed by atoms with Gasteiger partial charge in [0.1, 0.15) is 5.82 Å². The molecule has 0 aliphatic heterocycles. The minimum absolute atomic E-state index is 0.693. The normalized spacial score (nSPS) is 14.1. The number of nitrogens with one attached hydrogen (secondary N) is 1. The Morgan fingerprint density at radius 3 is 3.21 bits per heavy atom. The van der Waals surface area contributed by atoms with Gasteiger partial charge in [-0.25, -0.2) is 0 Å². The number of hydrogen-bond donors (Lipinski definition) is 1. The summed E-state index contributed by atoms with van der Waals surface area (Å²) in [4.78, 5) is 0. The number of hydrogen-bond acceptors (Lipinski definition) is 4. The van der Waals surface area contributed by atoms with E-state index in [1.54, 1.807) is 7.11 Å². The number of anilines is 1. The largest absolute Gasteiger partial charge is 0.383 e. The van der Waals surface area contributed by atoms with Crippen LogP contribution >= 0.6 is 0 Å². The topological polar surface area (TPSA) is 47.0 Å². The van der Waals surface area contributed by atoms with E-state index in [4.69, 9.17) is 4.74 Å². The number of aromatic nitrogens is 2. The van der Waals surface area contributed by atoms with Crippen molar-refractivity contribution < 1.29 is 4.74 Å². The number of ether oxygens (including phenoxy) is 1. The van der Waals surface area contributed by atoms with Gasteiger partial charge in [0.05, 0.1) is 12.3 Å². The molecule has 1 heterocycles. The summed E-state index contributed by atoms with van der Waals surface area (Å²) in [5.41, 5.74) is 2.52. The summed E-state index contributed by atoms with van der Waals surface area (Å²) in [5, 5.41) is 11.5. The number of rotatable bonds is 4. The maximum atomic E-state index is 4.95. The number of aryl methyl sites for hydroxylation is 2. The van der Waals surface area contributed by atoms with Gasteiger partial charge in [0.25, 0.3) is 0 Å². The molecule has 4 nitrogen and oxygen atoms in total. The lowest BCUT2D eigenvalue weighted by atomic mass is 10.2. The number of methoxy groups -OCH3 is 1. The molecule has 0 unspecified atom stereocenters. The lowest BCUT2D eigenvalue weighted by molar-refractivity contribution is 0.210. The van der Waals surface area contributed by atoms with Crippen molar-refractivity contribution >= 4 is 5.82 Å². The summed E-state index contributed by atoms with van der Waals surface area (Å²) in [7, 11) is 1.69. The van der Waals surface area contributed by atoms with Crippen molar-refractivity contribution in [3.05, 3.63) is 17.3 Å². The lowest BCUT2D eigenvalue weighted by Crippen LogP contribution is -2.10. The molecule has 1 aliphatic rings. The van der Waals surface area contributed by atoms with E-state index in [1.807, 2.05) is 0 Å². The minimum Gasteiger partial charge on any atom is -0.383 e. The molecule has 1 aliphatic carbocycles. The molecule has 1 N–H and O–H groups in total. The van der Waals surface area contributed by atoms with Crippen LogP contribution in [0, 0.1) is 0 Å². The molecular weight excluding hydrogens is 178 g/mol. The molecule has 0 radical (unpaired) electrons. The van der Waals surface area contributed by atoms with E-state index in [2.05, 4.69) is 21.6 Å². The summed E-state index contributed by atoms with van der Waals surface area (Å²) < 4.78 is 4.95. The molecule has 1 aromatic rings. The Balaban J connectivity index is 1.98. The zero-order valence-electron chi connectivity index (χ0n) is 8.42. The molecule has 0 aromatic carbocycles. The van der Waals surface area contributed by atoms with Crippen molar-refractivity contribution in [2.75, 3.05) is 25.6 Å². The average Bonchev–Trinajstić information content (AvgIpc) is 2.65. The van der Waals surface area contributed by atoms with E-state index in [0.29, 0.717) is 6.61 Å². The molecule has 2 rings (SSSR count). The molecular formula is C10H15N3O. The minimum atomic E-state index is 0.693. The Morgan fingerprint density at radius 1 is 1.43 bits per heavy atom. The van der Waals surface area contributed by atoms with Crippen molar-refractivity contribution in [3.63, 3.8) is 0 Å². The van der Waals surface area contributed by atoms with Gasteiger partial charge in [0.2, 0.25) is 0 Å². The first-order chi connectivity index (χ1) is 6.90. The maximum Gasteiger partial charge on any atom is 0.149 e. The van der Waals surface area contributed by atoms with Crippen LogP contribution in [-0.2, 0) is 17.6 Å². The third-order valence-corrected chi connectivity index (χ3v) is 2.43. The molecule has 0 atom stereocenters. The third kappa shape index (κ3) is 2.01. The fourth-order valence-corrected chi connectivity index (χ4v) is 1.70. The Morgan fingerprint density at radius 2 is 2.36 bits per heavy atom. The molecule has 1 aromatic heterocycles. The molecule has 0 saturated carbocycles. The Hall–Kier alpha value is -1.16. The van der Waals surface area contributed by atoms with Crippen LogP contribution in [0.5, 0.6) is 0 Å². The molecule has 0 saturated heterocycles. The molecule has 0 spiro atoms. The van der Waals surface area contributed by atoms with E-state index in [-0.39, 0.29) is 0 Å². The van der Waals surface area contributed by atoms with Crippen molar-refractivity contribution in [2.24, 2.45) is 0 Å². The van der Waals surface area contributed by atoms with Gasteiger partial charge >= 0.3 is 0 Å². The van der Waals surface area contributed by atoms with Crippen LogP contribution in [0.3, 0.4) is 0 Å². The third-order valence-electron chi connectivity index (χ3n) is 2.43. The monoisotopic (exact) mass is 193 g/mol. The first-order valence-corrected chi connectivity index (χ1v) is 4.98. The fourth-order valence-electron chi connectivity index (χ4n) is 1.70. The van der Waals surface area contributed by atoms with Gasteiger partial charge < -0.3 is 10.1 Å². The van der Waals surface area contributed by atoms with Crippen LogP contribution in [0.15, 0.2) is 6.07 Å². The van der Waals surface area contributed by atoms with Crippen molar-refractivity contribution in [1.82, 2.24) is 10.2 Å². The second-order valence-corrected chi connectivity index (χ2v) is 3.47. The highest BCUT2D eigenvalue weighted by Gasteiger charge is 2.12. The molecule has 14 heavy (non-hydrogen) atoms. The molecule has 0 fully saturated rings. The number of fused-ring (bicyclic) bond motifs is 1. The average molecular weight is 193 g/mol. The van der Waals surface area contributed by atoms with Gasteiger partial charge in [0, 0.05) is 13.7 Å². The predicted octanol–water partition coefficient (Wildman–Crippen LogP) is 1.02. The van der Waals surface area contributed by atoms with Crippen molar-refractivity contribution in [3.8, 4) is 0 Å². The molecule has 76 valence electrons. The number of nitrogens with zero attached hydrogens (tertiary/aromatic N) is 2. The van der Waals surface area contributed by atoms with Crippen LogP contribution in [0.25, 0.3) is 0 Å².